The molecule has 0 saturated heterocycles. The average Bonchev–Trinajstić information content (AvgIpc) is 2.43. The van der Waals surface area contributed by atoms with Crippen LogP contribution in [0, 0.1) is 6.92 Å². The Kier molecular flexibility index (Phi) is 7.23. The minimum Gasteiger partial charge on any atom is -0.392 e. The second-order valence-electron chi connectivity index (χ2n) is 6.36. The van der Waals surface area contributed by atoms with Gasteiger partial charge in [-0.1, -0.05) is 29.8 Å². The molecule has 0 aliphatic carbocycles. The Balaban J connectivity index is 2.93. The lowest BCUT2D eigenvalue weighted by molar-refractivity contribution is -0.135. The maximum Gasteiger partial charge on any atom is 0.225 e. The fourth-order valence-corrected chi connectivity index (χ4v) is 2.47. The third kappa shape index (κ3) is 6.40. The maximum absolute atomic E-state index is 12.6. The maximum atomic E-state index is 12.6. The van der Waals surface area contributed by atoms with Gasteiger partial charge in [0, 0.05) is 19.5 Å². The van der Waals surface area contributed by atoms with Crippen molar-refractivity contribution in [2.75, 3.05) is 6.54 Å². The zero-order valence-electron chi connectivity index (χ0n) is 14.7. The van der Waals surface area contributed by atoms with E-state index in [2.05, 4.69) is 5.32 Å². The van der Waals surface area contributed by atoms with Gasteiger partial charge < -0.3 is 15.3 Å². The van der Waals surface area contributed by atoms with E-state index in [-0.39, 0.29) is 36.9 Å². The van der Waals surface area contributed by atoms with E-state index in [9.17, 15) is 14.7 Å². The molecular formula is C18H28N2O3. The monoisotopic (exact) mass is 320 g/mol. The number of amides is 2. The lowest BCUT2D eigenvalue weighted by Crippen LogP contribution is -2.43. The first-order chi connectivity index (χ1) is 10.7. The SMILES string of the molecule is CC(=O)NC(CC(=O)N(CC(C)O)C(C)C)c1ccc(C)cc1. The van der Waals surface area contributed by atoms with E-state index in [1.54, 1.807) is 11.8 Å². The Morgan fingerprint density at radius 1 is 1.17 bits per heavy atom. The average molecular weight is 320 g/mol. The molecule has 128 valence electrons. The van der Waals surface area contributed by atoms with Crippen molar-refractivity contribution in [3.05, 3.63) is 35.4 Å². The zero-order valence-corrected chi connectivity index (χ0v) is 14.7. The number of nitrogens with zero attached hydrogens (tertiary/aromatic N) is 1. The van der Waals surface area contributed by atoms with Crippen LogP contribution in [-0.2, 0) is 9.59 Å². The van der Waals surface area contributed by atoms with Gasteiger partial charge in [-0.05, 0) is 33.3 Å². The lowest BCUT2D eigenvalue weighted by atomic mass is 10.0. The number of rotatable bonds is 7. The minimum absolute atomic E-state index is 0.00639. The second kappa shape index (κ2) is 8.67. The molecule has 2 atom stereocenters. The molecule has 5 heteroatoms. The summed E-state index contributed by atoms with van der Waals surface area (Å²) in [5, 5.41) is 12.4. The number of hydrogen-bond donors (Lipinski definition) is 2. The van der Waals surface area contributed by atoms with Crippen LogP contribution < -0.4 is 5.32 Å². The van der Waals surface area contributed by atoms with Crippen LogP contribution in [0.4, 0.5) is 0 Å². The molecule has 1 rings (SSSR count). The predicted octanol–water partition coefficient (Wildman–Crippen LogP) is 2.18. The summed E-state index contributed by atoms with van der Waals surface area (Å²) in [6.45, 7) is 9.22. The van der Waals surface area contributed by atoms with Crippen molar-refractivity contribution < 1.29 is 14.7 Å². The molecule has 5 nitrogen and oxygen atoms in total. The number of carbonyl (C=O) groups is 2. The molecule has 2 N–H and O–H groups in total. The topological polar surface area (TPSA) is 69.6 Å². The molecule has 0 saturated carbocycles. The molecule has 23 heavy (non-hydrogen) atoms. The normalized spacial score (nSPS) is 13.5. The fraction of sp³-hybridized carbons (Fsp3) is 0.556. The van der Waals surface area contributed by atoms with E-state index in [1.165, 1.54) is 6.92 Å². The van der Waals surface area contributed by atoms with Gasteiger partial charge in [-0.3, -0.25) is 9.59 Å². The van der Waals surface area contributed by atoms with Crippen LogP contribution in [0.25, 0.3) is 0 Å². The van der Waals surface area contributed by atoms with Crippen LogP contribution in [0.15, 0.2) is 24.3 Å². The molecule has 0 spiro atoms. The zero-order chi connectivity index (χ0) is 17.6. The van der Waals surface area contributed by atoms with Crippen molar-refractivity contribution in [1.29, 1.82) is 0 Å². The Bertz CT molecular complexity index is 524. The number of aliphatic hydroxyl groups is 1. The van der Waals surface area contributed by atoms with Gasteiger partial charge >= 0.3 is 0 Å². The Morgan fingerprint density at radius 3 is 2.17 bits per heavy atom. The van der Waals surface area contributed by atoms with Gasteiger partial charge in [0.2, 0.25) is 11.8 Å². The molecule has 0 aromatic heterocycles. The highest BCUT2D eigenvalue weighted by Crippen LogP contribution is 2.19. The molecule has 1 aromatic carbocycles. The molecule has 2 amide bonds. The Morgan fingerprint density at radius 2 is 1.74 bits per heavy atom. The van der Waals surface area contributed by atoms with E-state index in [0.29, 0.717) is 0 Å². The first-order valence-electron chi connectivity index (χ1n) is 8.02. The smallest absolute Gasteiger partial charge is 0.225 e. The number of carbonyl (C=O) groups excluding carboxylic acids is 2. The standard InChI is InChI=1S/C18H28N2O3/c1-12(2)20(11-14(4)21)18(23)10-17(19-15(5)22)16-8-6-13(3)7-9-16/h6-9,12,14,17,21H,10-11H2,1-5H3,(H,19,22). The molecule has 2 unspecified atom stereocenters. The van der Waals surface area contributed by atoms with Gasteiger partial charge in [-0.15, -0.1) is 0 Å². The molecule has 0 aliphatic rings. The van der Waals surface area contributed by atoms with Crippen molar-refractivity contribution in [1.82, 2.24) is 10.2 Å². The summed E-state index contributed by atoms with van der Waals surface area (Å²) < 4.78 is 0. The molecule has 0 radical (unpaired) electrons. The molecule has 0 aliphatic heterocycles. The van der Waals surface area contributed by atoms with Crippen LogP contribution >= 0.6 is 0 Å². The number of benzene rings is 1. The summed E-state index contributed by atoms with van der Waals surface area (Å²) in [6, 6.07) is 7.41. The van der Waals surface area contributed by atoms with E-state index in [1.807, 2.05) is 45.0 Å². The number of nitrogens with one attached hydrogen (secondary N) is 1. The summed E-state index contributed by atoms with van der Waals surface area (Å²) in [7, 11) is 0. The second-order valence-corrected chi connectivity index (χ2v) is 6.36. The van der Waals surface area contributed by atoms with Crippen molar-refractivity contribution in [2.45, 2.75) is 59.2 Å². The first kappa shape index (κ1) is 19.2. The number of hydrogen-bond acceptors (Lipinski definition) is 3. The van der Waals surface area contributed by atoms with Crippen molar-refractivity contribution in [3.63, 3.8) is 0 Å². The number of aryl methyl sites for hydroxylation is 1. The van der Waals surface area contributed by atoms with Crippen LogP contribution in [0.3, 0.4) is 0 Å². The van der Waals surface area contributed by atoms with Crippen molar-refractivity contribution in [3.8, 4) is 0 Å². The molecule has 1 aromatic rings. The van der Waals surface area contributed by atoms with E-state index in [0.717, 1.165) is 11.1 Å². The summed E-state index contributed by atoms with van der Waals surface area (Å²) in [4.78, 5) is 25.7. The Labute approximate surface area is 138 Å². The highest BCUT2D eigenvalue weighted by atomic mass is 16.3. The van der Waals surface area contributed by atoms with Crippen LogP contribution in [0.5, 0.6) is 0 Å². The van der Waals surface area contributed by atoms with E-state index >= 15 is 0 Å². The van der Waals surface area contributed by atoms with Gasteiger partial charge in [0.05, 0.1) is 18.6 Å². The highest BCUT2D eigenvalue weighted by Gasteiger charge is 2.23. The largest absolute Gasteiger partial charge is 0.392 e. The van der Waals surface area contributed by atoms with E-state index < -0.39 is 6.10 Å². The third-order valence-electron chi connectivity index (χ3n) is 3.64. The summed E-state index contributed by atoms with van der Waals surface area (Å²) in [6.07, 6.45) is -0.409. The van der Waals surface area contributed by atoms with Gasteiger partial charge in [0.15, 0.2) is 0 Å². The summed E-state index contributed by atoms with van der Waals surface area (Å²) >= 11 is 0. The molecule has 0 fully saturated rings. The quantitative estimate of drug-likeness (QED) is 0.809. The molecular weight excluding hydrogens is 292 g/mol. The Hall–Kier alpha value is -1.88. The van der Waals surface area contributed by atoms with Crippen LogP contribution in [0.2, 0.25) is 0 Å². The van der Waals surface area contributed by atoms with Crippen LogP contribution in [0.1, 0.15) is 51.3 Å². The van der Waals surface area contributed by atoms with Gasteiger partial charge in [-0.25, -0.2) is 0 Å². The minimum atomic E-state index is -0.583. The van der Waals surface area contributed by atoms with Crippen molar-refractivity contribution >= 4 is 11.8 Å². The third-order valence-corrected chi connectivity index (χ3v) is 3.64. The van der Waals surface area contributed by atoms with Crippen molar-refractivity contribution in [2.24, 2.45) is 0 Å². The van der Waals surface area contributed by atoms with Gasteiger partial charge in [-0.2, -0.15) is 0 Å². The van der Waals surface area contributed by atoms with Gasteiger partial charge in [0.1, 0.15) is 0 Å². The first-order valence-corrected chi connectivity index (χ1v) is 8.02. The lowest BCUT2D eigenvalue weighted by Gasteiger charge is -2.30. The number of aliphatic hydroxyl groups excluding tert-OH is 1. The molecule has 0 heterocycles. The molecule has 0 bridgehead atoms. The fourth-order valence-electron chi connectivity index (χ4n) is 2.47. The highest BCUT2D eigenvalue weighted by molar-refractivity contribution is 5.79. The van der Waals surface area contributed by atoms with Crippen LogP contribution in [-0.4, -0.2) is 40.5 Å². The summed E-state index contributed by atoms with van der Waals surface area (Å²) in [5.41, 5.74) is 2.03. The predicted molar refractivity (Wildman–Crippen MR) is 90.9 cm³/mol. The van der Waals surface area contributed by atoms with Gasteiger partial charge in [0.25, 0.3) is 0 Å². The van der Waals surface area contributed by atoms with E-state index in [4.69, 9.17) is 0 Å². The summed E-state index contributed by atoms with van der Waals surface area (Å²) in [5.74, 6) is -0.254.